The van der Waals surface area contributed by atoms with E-state index in [-0.39, 0.29) is 5.82 Å². The van der Waals surface area contributed by atoms with Crippen LogP contribution in [0.15, 0.2) is 48.5 Å². The molecule has 0 aliphatic carbocycles. The molecule has 1 aliphatic heterocycles. The second-order valence-electron chi connectivity index (χ2n) is 5.72. The van der Waals surface area contributed by atoms with Gasteiger partial charge in [0.25, 0.3) is 0 Å². The molecule has 110 valence electrons. The van der Waals surface area contributed by atoms with Crippen molar-refractivity contribution in [3.05, 3.63) is 65.5 Å². The Bertz CT molecular complexity index is 612. The second-order valence-corrected chi connectivity index (χ2v) is 5.72. The van der Waals surface area contributed by atoms with E-state index in [9.17, 15) is 9.50 Å². The van der Waals surface area contributed by atoms with Crippen LogP contribution in [0.25, 0.3) is 0 Å². The number of hydrogen-bond acceptors (Lipinski definition) is 2. The van der Waals surface area contributed by atoms with Gasteiger partial charge in [0.2, 0.25) is 0 Å². The van der Waals surface area contributed by atoms with Gasteiger partial charge in [0, 0.05) is 30.3 Å². The maximum atomic E-state index is 13.4. The largest absolute Gasteiger partial charge is 0.389 e. The van der Waals surface area contributed by atoms with E-state index in [1.807, 2.05) is 6.07 Å². The number of nitrogens with zero attached hydrogens (tertiary/aromatic N) is 1. The summed E-state index contributed by atoms with van der Waals surface area (Å²) < 4.78 is 13.4. The predicted octanol–water partition coefficient (Wildman–Crippen LogP) is 3.87. The third kappa shape index (κ3) is 2.93. The minimum atomic E-state index is -0.661. The minimum Gasteiger partial charge on any atom is -0.389 e. The van der Waals surface area contributed by atoms with Gasteiger partial charge < -0.3 is 10.0 Å². The molecule has 0 amide bonds. The molecule has 1 N–H and O–H groups in total. The molecular formula is C18H20FNO. The van der Waals surface area contributed by atoms with Gasteiger partial charge in [-0.15, -0.1) is 0 Å². The van der Waals surface area contributed by atoms with Crippen LogP contribution < -0.4 is 4.90 Å². The Hall–Kier alpha value is -1.87. The Kier molecular flexibility index (Phi) is 3.93. The van der Waals surface area contributed by atoms with Gasteiger partial charge in [0.15, 0.2) is 0 Å². The fourth-order valence-electron chi connectivity index (χ4n) is 3.12. The normalized spacial score (nSPS) is 19.8. The van der Waals surface area contributed by atoms with Crippen LogP contribution in [0.4, 0.5) is 10.1 Å². The molecule has 2 aromatic rings. The predicted molar refractivity (Wildman–Crippen MR) is 83.0 cm³/mol. The van der Waals surface area contributed by atoms with E-state index in [1.165, 1.54) is 17.7 Å². The molecule has 1 aliphatic rings. The van der Waals surface area contributed by atoms with Crippen molar-refractivity contribution in [1.29, 1.82) is 0 Å². The number of rotatable bonds is 3. The van der Waals surface area contributed by atoms with Crippen LogP contribution in [-0.2, 0) is 0 Å². The standard InChI is InChI=1S/C18H20FNO/c1-13(21)17-11-16(19)7-8-18(17)20-10-9-15(12-20)14-5-3-2-4-6-14/h2-8,11,13,15,21H,9-10,12H2,1H3. The highest BCUT2D eigenvalue weighted by Crippen LogP contribution is 2.34. The molecule has 0 saturated carbocycles. The van der Waals surface area contributed by atoms with Gasteiger partial charge >= 0.3 is 0 Å². The van der Waals surface area contributed by atoms with Crippen LogP contribution in [0.2, 0.25) is 0 Å². The Balaban J connectivity index is 1.84. The average Bonchev–Trinajstić information content (AvgIpc) is 2.97. The van der Waals surface area contributed by atoms with Crippen molar-refractivity contribution in [2.45, 2.75) is 25.4 Å². The first kappa shape index (κ1) is 14.1. The summed E-state index contributed by atoms with van der Waals surface area (Å²) in [6.45, 7) is 3.53. The third-order valence-corrected chi connectivity index (χ3v) is 4.24. The molecule has 0 aromatic heterocycles. The van der Waals surface area contributed by atoms with Crippen molar-refractivity contribution in [1.82, 2.24) is 0 Å². The first-order valence-corrected chi connectivity index (χ1v) is 7.42. The molecule has 0 radical (unpaired) electrons. The van der Waals surface area contributed by atoms with E-state index in [1.54, 1.807) is 13.0 Å². The SMILES string of the molecule is CC(O)c1cc(F)ccc1N1CCC(c2ccccc2)C1. The highest BCUT2D eigenvalue weighted by molar-refractivity contribution is 5.56. The number of aliphatic hydroxyl groups excluding tert-OH is 1. The zero-order valence-electron chi connectivity index (χ0n) is 12.2. The lowest BCUT2D eigenvalue weighted by atomic mass is 9.99. The highest BCUT2D eigenvalue weighted by Gasteiger charge is 2.26. The zero-order chi connectivity index (χ0) is 14.8. The molecule has 1 heterocycles. The molecule has 0 spiro atoms. The Morgan fingerprint density at radius 2 is 1.95 bits per heavy atom. The summed E-state index contributed by atoms with van der Waals surface area (Å²) in [6, 6.07) is 15.2. The molecule has 3 heteroatoms. The summed E-state index contributed by atoms with van der Waals surface area (Å²) in [5.41, 5.74) is 2.97. The van der Waals surface area contributed by atoms with E-state index < -0.39 is 6.10 Å². The maximum absolute atomic E-state index is 13.4. The van der Waals surface area contributed by atoms with Crippen molar-refractivity contribution in [2.24, 2.45) is 0 Å². The monoisotopic (exact) mass is 285 g/mol. The number of benzene rings is 2. The van der Waals surface area contributed by atoms with Crippen LogP contribution in [0.5, 0.6) is 0 Å². The van der Waals surface area contributed by atoms with Crippen LogP contribution in [-0.4, -0.2) is 18.2 Å². The molecule has 2 unspecified atom stereocenters. The summed E-state index contributed by atoms with van der Waals surface area (Å²) in [5.74, 6) is 0.201. The van der Waals surface area contributed by atoms with Crippen LogP contribution >= 0.6 is 0 Å². The molecule has 1 saturated heterocycles. The Morgan fingerprint density at radius 1 is 1.19 bits per heavy atom. The third-order valence-electron chi connectivity index (χ3n) is 4.24. The van der Waals surface area contributed by atoms with Crippen molar-refractivity contribution in [2.75, 3.05) is 18.0 Å². The summed E-state index contributed by atoms with van der Waals surface area (Å²) in [7, 11) is 0. The van der Waals surface area contributed by atoms with Gasteiger partial charge in [-0.1, -0.05) is 30.3 Å². The fraction of sp³-hybridized carbons (Fsp3) is 0.333. The Morgan fingerprint density at radius 3 is 2.67 bits per heavy atom. The van der Waals surface area contributed by atoms with Crippen molar-refractivity contribution < 1.29 is 9.50 Å². The molecule has 2 aromatic carbocycles. The van der Waals surface area contributed by atoms with Gasteiger partial charge in [-0.2, -0.15) is 0 Å². The van der Waals surface area contributed by atoms with Crippen LogP contribution in [0.1, 0.15) is 36.5 Å². The van der Waals surface area contributed by atoms with Crippen LogP contribution in [0, 0.1) is 5.82 Å². The first-order chi connectivity index (χ1) is 10.1. The van der Waals surface area contributed by atoms with E-state index in [2.05, 4.69) is 29.2 Å². The summed E-state index contributed by atoms with van der Waals surface area (Å²) >= 11 is 0. The number of halogens is 1. The zero-order valence-corrected chi connectivity index (χ0v) is 12.2. The lowest BCUT2D eigenvalue weighted by Crippen LogP contribution is -2.21. The van der Waals surface area contributed by atoms with Gasteiger partial charge in [-0.3, -0.25) is 0 Å². The van der Waals surface area contributed by atoms with E-state index in [0.29, 0.717) is 11.5 Å². The number of anilines is 1. The van der Waals surface area contributed by atoms with Gasteiger partial charge in [-0.05, 0) is 37.1 Å². The molecule has 0 bridgehead atoms. The number of hydrogen-bond donors (Lipinski definition) is 1. The average molecular weight is 285 g/mol. The van der Waals surface area contributed by atoms with Gasteiger partial charge in [-0.25, -0.2) is 4.39 Å². The second kappa shape index (κ2) is 5.86. The number of aliphatic hydroxyl groups is 1. The summed E-state index contributed by atoms with van der Waals surface area (Å²) in [6.07, 6.45) is 0.423. The van der Waals surface area contributed by atoms with Gasteiger partial charge in [0.05, 0.1) is 6.10 Å². The smallest absolute Gasteiger partial charge is 0.123 e. The lowest BCUT2D eigenvalue weighted by Gasteiger charge is -2.23. The van der Waals surface area contributed by atoms with Crippen molar-refractivity contribution in [3.63, 3.8) is 0 Å². The molecule has 3 rings (SSSR count). The lowest BCUT2D eigenvalue weighted by molar-refractivity contribution is 0.199. The maximum Gasteiger partial charge on any atom is 0.123 e. The molecule has 1 fully saturated rings. The minimum absolute atomic E-state index is 0.298. The Labute approximate surface area is 124 Å². The summed E-state index contributed by atoms with van der Waals surface area (Å²) in [5, 5.41) is 9.88. The van der Waals surface area contributed by atoms with E-state index in [4.69, 9.17) is 0 Å². The molecular weight excluding hydrogens is 265 g/mol. The fourth-order valence-corrected chi connectivity index (χ4v) is 3.12. The topological polar surface area (TPSA) is 23.5 Å². The molecule has 2 nitrogen and oxygen atoms in total. The quantitative estimate of drug-likeness (QED) is 0.925. The van der Waals surface area contributed by atoms with Crippen molar-refractivity contribution in [3.8, 4) is 0 Å². The molecule has 2 atom stereocenters. The summed E-state index contributed by atoms with van der Waals surface area (Å²) in [4.78, 5) is 2.25. The van der Waals surface area contributed by atoms with Crippen molar-refractivity contribution >= 4 is 5.69 Å². The molecule has 21 heavy (non-hydrogen) atoms. The van der Waals surface area contributed by atoms with E-state index >= 15 is 0 Å². The first-order valence-electron chi connectivity index (χ1n) is 7.42. The van der Waals surface area contributed by atoms with E-state index in [0.717, 1.165) is 25.2 Å². The van der Waals surface area contributed by atoms with Crippen LogP contribution in [0.3, 0.4) is 0 Å². The highest BCUT2D eigenvalue weighted by atomic mass is 19.1. The van der Waals surface area contributed by atoms with Gasteiger partial charge in [0.1, 0.15) is 5.82 Å².